The number of anilines is 5. The molecule has 0 radical (unpaired) electrons. The average Bonchev–Trinajstić information content (AvgIpc) is 3.60. The Morgan fingerprint density at radius 3 is 1.37 bits per heavy atom. The Hall–Kier alpha value is -3.34. The molecule has 3 aromatic carbocycles. The summed E-state index contributed by atoms with van der Waals surface area (Å²) >= 11 is 3.54. The Morgan fingerprint density at radius 2 is 0.947 bits per heavy atom. The fraction of sp³-hybridized carbons (Fsp3) is 0.235. The zero-order valence-corrected chi connectivity index (χ0v) is 24.7. The number of nitrogens with zero attached hydrogens (tertiary/aromatic N) is 2. The largest absolute Gasteiger partial charge is 0.328 e. The lowest BCUT2D eigenvalue weighted by molar-refractivity contribution is 0.563. The lowest BCUT2D eigenvalue weighted by atomic mass is 9.87. The van der Waals surface area contributed by atoms with Gasteiger partial charge < -0.3 is 9.80 Å². The van der Waals surface area contributed by atoms with E-state index in [1.54, 1.807) is 22.7 Å². The van der Waals surface area contributed by atoms with Crippen molar-refractivity contribution in [2.45, 2.75) is 52.5 Å². The van der Waals surface area contributed by atoms with Crippen LogP contribution >= 0.6 is 22.7 Å². The molecule has 2 nitrogen and oxygen atoms in total. The number of hydrogen-bond acceptors (Lipinski definition) is 4. The van der Waals surface area contributed by atoms with Crippen LogP contribution in [0.4, 0.5) is 27.1 Å². The Labute approximate surface area is 235 Å². The van der Waals surface area contributed by atoms with Crippen molar-refractivity contribution in [3.8, 4) is 11.1 Å². The molecule has 0 fully saturated rings. The van der Waals surface area contributed by atoms with Gasteiger partial charge in [0, 0.05) is 22.6 Å². The van der Waals surface area contributed by atoms with Gasteiger partial charge in [0.25, 0.3) is 0 Å². The van der Waals surface area contributed by atoms with E-state index in [1.807, 2.05) is 0 Å². The number of rotatable bonds is 6. The van der Waals surface area contributed by atoms with E-state index in [0.717, 1.165) is 5.69 Å². The summed E-state index contributed by atoms with van der Waals surface area (Å²) < 4.78 is 0. The van der Waals surface area contributed by atoms with Gasteiger partial charge in [0.15, 0.2) is 0 Å². The molecule has 194 valence electrons. The van der Waals surface area contributed by atoms with Crippen molar-refractivity contribution in [1.29, 1.82) is 0 Å². The van der Waals surface area contributed by atoms with Gasteiger partial charge in [0.2, 0.25) is 0 Å². The molecular formula is C34H36N2S2. The molecule has 0 aliphatic carbocycles. The highest BCUT2D eigenvalue weighted by Crippen LogP contribution is 2.40. The Bertz CT molecular complexity index is 1430. The summed E-state index contributed by atoms with van der Waals surface area (Å²) in [5.74, 6) is 0. The Kier molecular flexibility index (Phi) is 7.21. The minimum atomic E-state index is -0.00957. The molecule has 0 aliphatic rings. The number of benzene rings is 3. The number of thiophene rings is 2. The zero-order valence-electron chi connectivity index (χ0n) is 23.1. The van der Waals surface area contributed by atoms with Gasteiger partial charge in [-0.25, -0.2) is 0 Å². The molecule has 0 N–H and O–H groups in total. The van der Waals surface area contributed by atoms with E-state index in [2.05, 4.69) is 159 Å². The first kappa shape index (κ1) is 26.3. The third-order valence-electron chi connectivity index (χ3n) is 6.70. The zero-order chi connectivity index (χ0) is 26.9. The van der Waals surface area contributed by atoms with Crippen molar-refractivity contribution in [2.24, 2.45) is 0 Å². The first-order valence-electron chi connectivity index (χ1n) is 13.1. The first-order chi connectivity index (χ1) is 18.1. The van der Waals surface area contributed by atoms with Crippen molar-refractivity contribution < 1.29 is 0 Å². The van der Waals surface area contributed by atoms with Gasteiger partial charge in [-0.3, -0.25) is 0 Å². The third-order valence-corrected chi connectivity index (χ3v) is 8.41. The molecule has 0 saturated heterocycles. The molecule has 38 heavy (non-hydrogen) atoms. The first-order valence-corrected chi connectivity index (χ1v) is 14.9. The lowest BCUT2D eigenvalue weighted by Crippen LogP contribution is -2.36. The summed E-state index contributed by atoms with van der Waals surface area (Å²) in [5, 5.41) is 6.75. The predicted molar refractivity (Wildman–Crippen MR) is 169 cm³/mol. The maximum Gasteiger partial charge on any atom is 0.0999 e. The minimum absolute atomic E-state index is 0.00957. The predicted octanol–water partition coefficient (Wildman–Crippen LogP) is 11.2. The standard InChI is InChI=1S/C34H36N2S2/c1-33(2,3)27-15-21-29(22-16-27)35(31-9-7-23-37-31)28-17-11-25(12-18-28)26-13-19-30(20-14-26)36(34(4,5)6)32-10-8-24-38-32/h7-24H,1-6H3. The van der Waals surface area contributed by atoms with Crippen LogP contribution in [0.1, 0.15) is 47.1 Å². The summed E-state index contributed by atoms with van der Waals surface area (Å²) in [6.45, 7) is 13.5. The molecule has 0 unspecified atom stereocenters. The molecule has 4 heteroatoms. The molecule has 5 aromatic rings. The molecule has 0 aliphatic heterocycles. The smallest absolute Gasteiger partial charge is 0.0999 e. The Balaban J connectivity index is 1.43. The second kappa shape index (κ2) is 10.4. The van der Waals surface area contributed by atoms with E-state index in [4.69, 9.17) is 0 Å². The average molecular weight is 537 g/mol. The van der Waals surface area contributed by atoms with Crippen LogP contribution in [-0.4, -0.2) is 5.54 Å². The normalized spacial score (nSPS) is 11.9. The molecule has 0 amide bonds. The van der Waals surface area contributed by atoms with Crippen LogP contribution in [-0.2, 0) is 5.41 Å². The maximum atomic E-state index is 2.41. The van der Waals surface area contributed by atoms with Crippen molar-refractivity contribution >= 4 is 49.7 Å². The number of hydrogen-bond donors (Lipinski definition) is 0. The second-order valence-corrected chi connectivity index (χ2v) is 13.5. The van der Waals surface area contributed by atoms with Crippen LogP contribution in [0.5, 0.6) is 0 Å². The molecular weight excluding hydrogens is 501 g/mol. The summed E-state index contributed by atoms with van der Waals surface area (Å²) in [6.07, 6.45) is 0. The van der Waals surface area contributed by atoms with E-state index >= 15 is 0 Å². The summed E-state index contributed by atoms with van der Waals surface area (Å²) in [4.78, 5) is 4.75. The fourth-order valence-corrected chi connectivity index (χ4v) is 6.47. The summed E-state index contributed by atoms with van der Waals surface area (Å²) in [7, 11) is 0. The van der Waals surface area contributed by atoms with Crippen LogP contribution < -0.4 is 9.80 Å². The van der Waals surface area contributed by atoms with Crippen LogP contribution in [0.25, 0.3) is 11.1 Å². The van der Waals surface area contributed by atoms with E-state index in [-0.39, 0.29) is 11.0 Å². The molecule has 0 saturated carbocycles. The van der Waals surface area contributed by atoms with Crippen LogP contribution in [0, 0.1) is 0 Å². The molecule has 0 bridgehead atoms. The van der Waals surface area contributed by atoms with Crippen molar-refractivity contribution in [3.63, 3.8) is 0 Å². The third kappa shape index (κ3) is 5.57. The quantitative estimate of drug-likeness (QED) is 0.213. The topological polar surface area (TPSA) is 6.48 Å². The maximum absolute atomic E-state index is 2.41. The molecule has 5 rings (SSSR count). The summed E-state index contributed by atoms with van der Waals surface area (Å²) in [5.41, 5.74) is 7.45. The molecule has 0 atom stereocenters. The second-order valence-electron chi connectivity index (χ2n) is 11.6. The van der Waals surface area contributed by atoms with Gasteiger partial charge in [-0.15, -0.1) is 22.7 Å². The van der Waals surface area contributed by atoms with Gasteiger partial charge in [-0.05, 0) is 114 Å². The van der Waals surface area contributed by atoms with E-state index in [9.17, 15) is 0 Å². The lowest BCUT2D eigenvalue weighted by Gasteiger charge is -2.36. The van der Waals surface area contributed by atoms with Gasteiger partial charge in [-0.1, -0.05) is 57.2 Å². The van der Waals surface area contributed by atoms with Crippen LogP contribution in [0.3, 0.4) is 0 Å². The van der Waals surface area contributed by atoms with Crippen molar-refractivity contribution in [2.75, 3.05) is 9.80 Å². The minimum Gasteiger partial charge on any atom is -0.328 e. The summed E-state index contributed by atoms with van der Waals surface area (Å²) in [6, 6.07) is 35.5. The van der Waals surface area contributed by atoms with E-state index in [1.165, 1.54) is 38.1 Å². The van der Waals surface area contributed by atoms with Crippen LogP contribution in [0.15, 0.2) is 108 Å². The van der Waals surface area contributed by atoms with E-state index in [0.29, 0.717) is 0 Å². The molecule has 2 heterocycles. The molecule has 0 spiro atoms. The van der Waals surface area contributed by atoms with Gasteiger partial charge in [0.1, 0.15) is 0 Å². The fourth-order valence-electron chi connectivity index (χ4n) is 4.76. The van der Waals surface area contributed by atoms with Gasteiger partial charge in [0.05, 0.1) is 10.0 Å². The Morgan fingerprint density at radius 1 is 0.500 bits per heavy atom. The van der Waals surface area contributed by atoms with Gasteiger partial charge in [-0.2, -0.15) is 0 Å². The SMILES string of the molecule is CC(C)(C)c1ccc(N(c2ccc(-c3ccc(N(c4cccs4)C(C)(C)C)cc3)cc2)c2cccs2)cc1. The van der Waals surface area contributed by atoms with Gasteiger partial charge >= 0.3 is 0 Å². The monoisotopic (exact) mass is 536 g/mol. The molecule has 2 aromatic heterocycles. The van der Waals surface area contributed by atoms with E-state index < -0.39 is 0 Å². The highest BCUT2D eigenvalue weighted by molar-refractivity contribution is 7.14. The van der Waals surface area contributed by atoms with Crippen molar-refractivity contribution in [3.05, 3.63) is 113 Å². The highest BCUT2D eigenvalue weighted by atomic mass is 32.1. The van der Waals surface area contributed by atoms with Crippen molar-refractivity contribution in [1.82, 2.24) is 0 Å². The highest BCUT2D eigenvalue weighted by Gasteiger charge is 2.24. The van der Waals surface area contributed by atoms with Crippen LogP contribution in [0.2, 0.25) is 0 Å².